The van der Waals surface area contributed by atoms with E-state index in [1.165, 1.54) is 0 Å². The van der Waals surface area contributed by atoms with Crippen LogP contribution in [0.15, 0.2) is 36.5 Å². The van der Waals surface area contributed by atoms with Gasteiger partial charge in [0.15, 0.2) is 5.82 Å². The smallest absolute Gasteiger partial charge is 0.258 e. The third-order valence-corrected chi connectivity index (χ3v) is 5.09. The Bertz CT molecular complexity index is 1040. The van der Waals surface area contributed by atoms with Crippen molar-refractivity contribution in [2.24, 2.45) is 7.05 Å². The van der Waals surface area contributed by atoms with Gasteiger partial charge in [-0.25, -0.2) is 4.98 Å². The molecule has 0 unspecified atom stereocenters. The van der Waals surface area contributed by atoms with Crippen LogP contribution >= 0.6 is 0 Å². The first-order chi connectivity index (χ1) is 13.9. The van der Waals surface area contributed by atoms with Gasteiger partial charge in [0, 0.05) is 31.4 Å². The summed E-state index contributed by atoms with van der Waals surface area (Å²) in [5.41, 5.74) is 1.80. The Kier molecular flexibility index (Phi) is 4.87. The van der Waals surface area contributed by atoms with Crippen molar-refractivity contribution in [3.05, 3.63) is 65.0 Å². The Morgan fingerprint density at radius 2 is 1.97 bits per heavy atom. The zero-order valence-electron chi connectivity index (χ0n) is 16.6. The van der Waals surface area contributed by atoms with Crippen molar-refractivity contribution in [3.63, 3.8) is 0 Å². The molecule has 0 saturated carbocycles. The molecule has 0 spiro atoms. The quantitative estimate of drug-likeness (QED) is 0.699. The van der Waals surface area contributed by atoms with Gasteiger partial charge in [-0.05, 0) is 32.4 Å². The lowest BCUT2D eigenvalue weighted by molar-refractivity contribution is 0.0723. The summed E-state index contributed by atoms with van der Waals surface area (Å²) < 4.78 is 1.62. The van der Waals surface area contributed by atoms with Crippen LogP contribution in [0.5, 0.6) is 0 Å². The number of benzene rings is 1. The van der Waals surface area contributed by atoms with E-state index in [4.69, 9.17) is 0 Å². The maximum Gasteiger partial charge on any atom is 0.258 e. The molecule has 3 aromatic rings. The van der Waals surface area contributed by atoms with Crippen molar-refractivity contribution in [1.29, 1.82) is 0 Å². The predicted molar refractivity (Wildman–Crippen MR) is 105 cm³/mol. The summed E-state index contributed by atoms with van der Waals surface area (Å²) in [6.07, 6.45) is 2.26. The first-order valence-corrected chi connectivity index (χ1v) is 9.48. The molecule has 2 aromatic heterocycles. The number of aromatic nitrogens is 5. The zero-order chi connectivity index (χ0) is 20.5. The van der Waals surface area contributed by atoms with E-state index in [0.717, 1.165) is 0 Å². The molecule has 4 rings (SSSR count). The minimum Gasteiger partial charge on any atom is -0.347 e. The summed E-state index contributed by atoms with van der Waals surface area (Å²) in [4.78, 5) is 32.0. The molecule has 3 heterocycles. The number of nitrogens with zero attached hydrogens (tertiary/aromatic N) is 5. The molecule has 0 radical (unpaired) electrons. The molecule has 0 aliphatic carbocycles. The molecule has 1 aromatic carbocycles. The van der Waals surface area contributed by atoms with Crippen molar-refractivity contribution in [2.45, 2.75) is 32.4 Å². The monoisotopic (exact) mass is 393 g/mol. The van der Waals surface area contributed by atoms with Gasteiger partial charge < -0.3 is 10.2 Å². The van der Waals surface area contributed by atoms with Crippen LogP contribution in [0.4, 0.5) is 0 Å². The Labute approximate surface area is 168 Å². The van der Waals surface area contributed by atoms with E-state index in [0.29, 0.717) is 41.4 Å². The van der Waals surface area contributed by atoms with Crippen molar-refractivity contribution in [3.8, 4) is 0 Å². The number of carbonyl (C=O) groups is 2. The lowest BCUT2D eigenvalue weighted by Crippen LogP contribution is -2.38. The van der Waals surface area contributed by atoms with Crippen LogP contribution in [0.1, 0.15) is 50.5 Å². The molecule has 1 aliphatic rings. The molecule has 1 aliphatic heterocycles. The van der Waals surface area contributed by atoms with E-state index in [2.05, 4.69) is 25.6 Å². The number of aryl methyl sites for hydroxylation is 3. The van der Waals surface area contributed by atoms with E-state index >= 15 is 0 Å². The molecular formula is C20H23N7O2. The molecule has 29 heavy (non-hydrogen) atoms. The minimum atomic E-state index is -0.326. The normalized spacial score (nSPS) is 18.8. The fourth-order valence-electron chi connectivity index (χ4n) is 3.74. The number of likely N-dealkylation sites (tertiary alicyclic amines) is 1. The van der Waals surface area contributed by atoms with Gasteiger partial charge in [-0.3, -0.25) is 19.4 Å². The van der Waals surface area contributed by atoms with E-state index in [9.17, 15) is 9.59 Å². The van der Waals surface area contributed by atoms with E-state index in [1.807, 2.05) is 32.0 Å². The van der Waals surface area contributed by atoms with Crippen LogP contribution < -0.4 is 5.32 Å². The topological polar surface area (TPSA) is 109 Å². The third kappa shape index (κ3) is 3.75. The summed E-state index contributed by atoms with van der Waals surface area (Å²) >= 11 is 0. The molecule has 2 N–H and O–H groups in total. The highest BCUT2D eigenvalue weighted by molar-refractivity contribution is 5.96. The second-order valence-corrected chi connectivity index (χ2v) is 7.33. The molecule has 9 heteroatoms. The molecular weight excluding hydrogens is 370 g/mol. The number of amides is 2. The van der Waals surface area contributed by atoms with E-state index < -0.39 is 0 Å². The minimum absolute atomic E-state index is 0.139. The molecule has 0 bridgehead atoms. The first-order valence-electron chi connectivity index (χ1n) is 9.48. The number of aromatic amines is 1. The van der Waals surface area contributed by atoms with Crippen molar-refractivity contribution < 1.29 is 9.59 Å². The van der Waals surface area contributed by atoms with Crippen molar-refractivity contribution >= 4 is 11.8 Å². The third-order valence-electron chi connectivity index (χ3n) is 5.09. The lowest BCUT2D eigenvalue weighted by Gasteiger charge is -2.22. The molecule has 2 amide bonds. The maximum absolute atomic E-state index is 13.3. The fourth-order valence-corrected chi connectivity index (χ4v) is 3.74. The van der Waals surface area contributed by atoms with Crippen LogP contribution in [0.2, 0.25) is 0 Å². The van der Waals surface area contributed by atoms with Crippen LogP contribution in [-0.4, -0.2) is 54.3 Å². The summed E-state index contributed by atoms with van der Waals surface area (Å²) in [6, 6.07) is 8.52. The average molecular weight is 393 g/mol. The van der Waals surface area contributed by atoms with Gasteiger partial charge in [0.1, 0.15) is 5.82 Å². The SMILES string of the molecule is Cc1nc([C@@H]2C[C@H](NC(=O)c3ccccc3)CN2C(=O)c2cn(C)nc2C)n[nH]1. The first kappa shape index (κ1) is 18.9. The summed E-state index contributed by atoms with van der Waals surface area (Å²) in [5.74, 6) is 0.933. The van der Waals surface area contributed by atoms with Gasteiger partial charge in [0.2, 0.25) is 0 Å². The number of H-pyrrole nitrogens is 1. The van der Waals surface area contributed by atoms with Gasteiger partial charge in [0.05, 0.1) is 17.3 Å². The molecule has 150 valence electrons. The van der Waals surface area contributed by atoms with Gasteiger partial charge in [0.25, 0.3) is 11.8 Å². The molecule has 9 nitrogen and oxygen atoms in total. The van der Waals surface area contributed by atoms with Crippen LogP contribution in [0.3, 0.4) is 0 Å². The highest BCUT2D eigenvalue weighted by atomic mass is 16.2. The van der Waals surface area contributed by atoms with Crippen LogP contribution in [0.25, 0.3) is 0 Å². The number of hydrogen-bond donors (Lipinski definition) is 2. The predicted octanol–water partition coefficient (Wildman–Crippen LogP) is 1.54. The van der Waals surface area contributed by atoms with Crippen molar-refractivity contribution in [1.82, 2.24) is 35.2 Å². The van der Waals surface area contributed by atoms with Gasteiger partial charge in [-0.2, -0.15) is 10.2 Å². The Hall–Kier alpha value is -3.49. The zero-order valence-corrected chi connectivity index (χ0v) is 16.6. The average Bonchev–Trinajstić information content (AvgIpc) is 3.40. The standard InChI is InChI=1S/C20H23N7O2/c1-12-16(11-26(3)25-12)20(29)27-10-15(9-17(27)18-21-13(2)23-24-18)22-19(28)14-7-5-4-6-8-14/h4-8,11,15,17H,9-10H2,1-3H3,(H,22,28)(H,21,23,24)/t15-,17-/m0/s1. The van der Waals surface area contributed by atoms with Crippen molar-refractivity contribution in [2.75, 3.05) is 6.54 Å². The second kappa shape index (κ2) is 7.50. The summed E-state index contributed by atoms with van der Waals surface area (Å²) in [7, 11) is 1.78. The number of rotatable bonds is 4. The highest BCUT2D eigenvalue weighted by Crippen LogP contribution is 2.32. The lowest BCUT2D eigenvalue weighted by atomic mass is 10.1. The number of nitrogens with one attached hydrogen (secondary N) is 2. The highest BCUT2D eigenvalue weighted by Gasteiger charge is 2.40. The largest absolute Gasteiger partial charge is 0.347 e. The van der Waals surface area contributed by atoms with Gasteiger partial charge in [-0.1, -0.05) is 18.2 Å². The van der Waals surface area contributed by atoms with Crippen LogP contribution in [0, 0.1) is 13.8 Å². The fraction of sp³-hybridized carbons (Fsp3) is 0.350. The summed E-state index contributed by atoms with van der Waals surface area (Å²) in [6.45, 7) is 4.01. The number of hydrogen-bond acceptors (Lipinski definition) is 5. The maximum atomic E-state index is 13.3. The molecule has 1 fully saturated rings. The van der Waals surface area contributed by atoms with Gasteiger partial charge in [-0.15, -0.1) is 0 Å². The Morgan fingerprint density at radius 1 is 1.21 bits per heavy atom. The van der Waals surface area contributed by atoms with Gasteiger partial charge >= 0.3 is 0 Å². The second-order valence-electron chi connectivity index (χ2n) is 7.33. The van der Waals surface area contributed by atoms with E-state index in [-0.39, 0.29) is 23.9 Å². The Morgan fingerprint density at radius 3 is 2.59 bits per heavy atom. The number of carbonyl (C=O) groups excluding carboxylic acids is 2. The van der Waals surface area contributed by atoms with E-state index in [1.54, 1.807) is 35.0 Å². The van der Waals surface area contributed by atoms with Crippen LogP contribution in [-0.2, 0) is 7.05 Å². The molecule has 2 atom stereocenters. The Balaban J connectivity index is 1.58. The molecule has 1 saturated heterocycles. The summed E-state index contributed by atoms with van der Waals surface area (Å²) in [5, 5.41) is 14.4.